The van der Waals surface area contributed by atoms with Crippen molar-refractivity contribution in [1.82, 2.24) is 9.97 Å². The summed E-state index contributed by atoms with van der Waals surface area (Å²) in [4.78, 5) is 9.42. The Bertz CT molecular complexity index is 532. The van der Waals surface area contributed by atoms with Crippen LogP contribution < -0.4 is 0 Å². The van der Waals surface area contributed by atoms with Gasteiger partial charge in [-0.3, -0.25) is 0 Å². The topological polar surface area (TPSA) is 25.8 Å². The van der Waals surface area contributed by atoms with E-state index >= 15 is 0 Å². The zero-order chi connectivity index (χ0) is 13.0. The van der Waals surface area contributed by atoms with E-state index < -0.39 is 0 Å². The molecule has 0 spiro atoms. The Hall–Kier alpha value is -1.44. The second-order valence-electron chi connectivity index (χ2n) is 5.06. The van der Waals surface area contributed by atoms with Gasteiger partial charge >= 0.3 is 0 Å². The van der Waals surface area contributed by atoms with Crippen molar-refractivity contribution in [3.05, 3.63) is 35.2 Å². The highest BCUT2D eigenvalue weighted by molar-refractivity contribution is 5.75. The summed E-state index contributed by atoms with van der Waals surface area (Å²) in [5.41, 5.74) is 5.55. The highest BCUT2D eigenvalue weighted by Crippen LogP contribution is 2.16. The smallest absolute Gasteiger partial charge is 0.0893 e. The van der Waals surface area contributed by atoms with Crippen LogP contribution in [0.2, 0.25) is 0 Å². The van der Waals surface area contributed by atoms with Gasteiger partial charge in [0.15, 0.2) is 0 Å². The third kappa shape index (κ3) is 3.06. The Morgan fingerprint density at radius 2 is 1.78 bits per heavy atom. The molecule has 18 heavy (non-hydrogen) atoms. The van der Waals surface area contributed by atoms with Crippen LogP contribution in [0.3, 0.4) is 0 Å². The molecule has 2 aromatic rings. The molecule has 0 N–H and O–H groups in total. The lowest BCUT2D eigenvalue weighted by molar-refractivity contribution is 0.658. The van der Waals surface area contributed by atoms with Crippen LogP contribution in [0.15, 0.2) is 18.2 Å². The zero-order valence-electron chi connectivity index (χ0n) is 11.7. The van der Waals surface area contributed by atoms with E-state index in [1.807, 2.05) is 0 Å². The molecular formula is C16H22N2. The van der Waals surface area contributed by atoms with Crippen molar-refractivity contribution in [3.8, 4) is 0 Å². The lowest BCUT2D eigenvalue weighted by Crippen LogP contribution is -1.99. The van der Waals surface area contributed by atoms with Crippen molar-refractivity contribution in [1.29, 1.82) is 0 Å². The van der Waals surface area contributed by atoms with Crippen LogP contribution in [0.5, 0.6) is 0 Å². The van der Waals surface area contributed by atoms with Crippen molar-refractivity contribution >= 4 is 11.0 Å². The molecule has 0 aliphatic carbocycles. The van der Waals surface area contributed by atoms with Crippen LogP contribution in [0.4, 0.5) is 0 Å². The van der Waals surface area contributed by atoms with Gasteiger partial charge in [0.25, 0.3) is 0 Å². The average molecular weight is 242 g/mol. The fraction of sp³-hybridized carbons (Fsp3) is 0.500. The lowest BCUT2D eigenvalue weighted by Gasteiger charge is -2.07. The normalized spacial score (nSPS) is 11.1. The quantitative estimate of drug-likeness (QED) is 0.728. The zero-order valence-corrected chi connectivity index (χ0v) is 11.7. The van der Waals surface area contributed by atoms with Crippen molar-refractivity contribution in [2.24, 2.45) is 0 Å². The van der Waals surface area contributed by atoms with Gasteiger partial charge in [0.05, 0.1) is 22.4 Å². The minimum atomic E-state index is 1.01. The van der Waals surface area contributed by atoms with Crippen LogP contribution in [0, 0.1) is 13.8 Å². The van der Waals surface area contributed by atoms with E-state index in [9.17, 15) is 0 Å². The van der Waals surface area contributed by atoms with Gasteiger partial charge in [0.2, 0.25) is 0 Å². The van der Waals surface area contributed by atoms with E-state index in [1.165, 1.54) is 36.9 Å². The van der Waals surface area contributed by atoms with Crippen LogP contribution in [0.1, 0.15) is 49.6 Å². The summed E-state index contributed by atoms with van der Waals surface area (Å²) in [6.07, 6.45) is 6.17. The monoisotopic (exact) mass is 242 g/mol. The summed E-state index contributed by atoms with van der Waals surface area (Å²) in [6, 6.07) is 6.28. The molecule has 2 rings (SSSR count). The van der Waals surface area contributed by atoms with E-state index in [0.29, 0.717) is 0 Å². The number of fused-ring (bicyclic) bond motifs is 1. The molecule has 2 nitrogen and oxygen atoms in total. The van der Waals surface area contributed by atoms with Crippen LogP contribution in [-0.2, 0) is 6.42 Å². The Labute approximate surface area is 109 Å². The maximum Gasteiger partial charge on any atom is 0.0893 e. The Morgan fingerprint density at radius 3 is 2.56 bits per heavy atom. The van der Waals surface area contributed by atoms with Gasteiger partial charge in [0.1, 0.15) is 0 Å². The van der Waals surface area contributed by atoms with E-state index in [1.54, 1.807) is 0 Å². The first-order valence-electron chi connectivity index (χ1n) is 6.94. The predicted molar refractivity (Wildman–Crippen MR) is 76.9 cm³/mol. The number of benzene rings is 1. The molecule has 0 fully saturated rings. The van der Waals surface area contributed by atoms with E-state index in [-0.39, 0.29) is 0 Å². The van der Waals surface area contributed by atoms with Gasteiger partial charge in [-0.1, -0.05) is 32.3 Å². The number of hydrogen-bond acceptors (Lipinski definition) is 2. The standard InChI is InChI=1S/C16H22N2/c1-4-5-6-7-8-14-13(3)17-15-10-9-12(2)11-16(15)18-14/h9-11H,4-8H2,1-3H3. The van der Waals surface area contributed by atoms with E-state index in [4.69, 9.17) is 4.98 Å². The maximum absolute atomic E-state index is 4.77. The summed E-state index contributed by atoms with van der Waals surface area (Å²) in [6.45, 7) is 6.41. The number of unbranched alkanes of at least 4 members (excludes halogenated alkanes) is 3. The number of aromatic nitrogens is 2. The van der Waals surface area contributed by atoms with Crippen LogP contribution >= 0.6 is 0 Å². The summed E-state index contributed by atoms with van der Waals surface area (Å²) in [7, 11) is 0. The molecule has 0 atom stereocenters. The highest BCUT2D eigenvalue weighted by Gasteiger charge is 2.05. The number of hydrogen-bond donors (Lipinski definition) is 0. The van der Waals surface area contributed by atoms with Crippen molar-refractivity contribution in [2.75, 3.05) is 0 Å². The highest BCUT2D eigenvalue weighted by atomic mass is 14.8. The largest absolute Gasteiger partial charge is 0.250 e. The molecular weight excluding hydrogens is 220 g/mol. The number of nitrogens with zero attached hydrogens (tertiary/aromatic N) is 2. The van der Waals surface area contributed by atoms with Gasteiger partial charge in [-0.05, 0) is 44.4 Å². The molecule has 0 radical (unpaired) electrons. The SMILES string of the molecule is CCCCCCc1nc2cc(C)ccc2nc1C. The summed E-state index contributed by atoms with van der Waals surface area (Å²) in [5, 5.41) is 0. The molecule has 0 bridgehead atoms. The van der Waals surface area contributed by atoms with Crippen molar-refractivity contribution < 1.29 is 0 Å². The molecule has 1 heterocycles. The number of aryl methyl sites for hydroxylation is 3. The lowest BCUT2D eigenvalue weighted by atomic mass is 10.1. The average Bonchev–Trinajstić information content (AvgIpc) is 2.35. The fourth-order valence-electron chi connectivity index (χ4n) is 2.25. The van der Waals surface area contributed by atoms with Crippen LogP contribution in [0.25, 0.3) is 11.0 Å². The molecule has 1 aromatic carbocycles. The summed E-state index contributed by atoms with van der Waals surface area (Å²) < 4.78 is 0. The first-order valence-corrected chi connectivity index (χ1v) is 6.94. The molecule has 0 aliphatic heterocycles. The van der Waals surface area contributed by atoms with E-state index in [2.05, 4.69) is 44.0 Å². The second-order valence-corrected chi connectivity index (χ2v) is 5.06. The van der Waals surface area contributed by atoms with Gasteiger partial charge in [-0.15, -0.1) is 0 Å². The summed E-state index contributed by atoms with van der Waals surface area (Å²) >= 11 is 0. The molecule has 0 amide bonds. The summed E-state index contributed by atoms with van der Waals surface area (Å²) in [5.74, 6) is 0. The van der Waals surface area contributed by atoms with Gasteiger partial charge in [0, 0.05) is 0 Å². The molecule has 1 aromatic heterocycles. The molecule has 96 valence electrons. The second kappa shape index (κ2) is 5.94. The third-order valence-corrected chi connectivity index (χ3v) is 3.36. The minimum absolute atomic E-state index is 1.01. The third-order valence-electron chi connectivity index (χ3n) is 3.36. The van der Waals surface area contributed by atoms with Crippen LogP contribution in [-0.4, -0.2) is 9.97 Å². The Balaban J connectivity index is 2.19. The molecule has 0 unspecified atom stereocenters. The molecule has 0 saturated carbocycles. The van der Waals surface area contributed by atoms with Gasteiger partial charge < -0.3 is 0 Å². The maximum atomic E-state index is 4.77. The fourth-order valence-corrected chi connectivity index (χ4v) is 2.25. The molecule has 2 heteroatoms. The molecule has 0 saturated heterocycles. The molecule has 0 aliphatic rings. The minimum Gasteiger partial charge on any atom is -0.250 e. The Kier molecular flexibility index (Phi) is 4.29. The number of rotatable bonds is 5. The van der Waals surface area contributed by atoms with Gasteiger partial charge in [-0.25, -0.2) is 9.97 Å². The predicted octanol–water partition coefficient (Wildman–Crippen LogP) is 4.37. The first-order chi connectivity index (χ1) is 8.70. The van der Waals surface area contributed by atoms with Crippen molar-refractivity contribution in [3.63, 3.8) is 0 Å². The van der Waals surface area contributed by atoms with E-state index in [0.717, 1.165) is 23.1 Å². The first kappa shape index (κ1) is 13.0. The Morgan fingerprint density at radius 1 is 0.944 bits per heavy atom. The van der Waals surface area contributed by atoms with Gasteiger partial charge in [-0.2, -0.15) is 0 Å². The van der Waals surface area contributed by atoms with Crippen molar-refractivity contribution in [2.45, 2.75) is 52.9 Å².